The molecule has 41 heavy (non-hydrogen) atoms. The molecular formula is C30H31NO8S2. The van der Waals surface area contributed by atoms with Gasteiger partial charge in [-0.2, -0.15) is 8.42 Å². The highest BCUT2D eigenvalue weighted by Gasteiger charge is 2.85. The number of piperidine rings is 1. The van der Waals surface area contributed by atoms with Crippen LogP contribution in [-0.2, 0) is 40.7 Å². The molecule has 2 aromatic rings. The Kier molecular flexibility index (Phi) is 4.88. The summed E-state index contributed by atoms with van der Waals surface area (Å²) in [6.45, 7) is 2.61. The van der Waals surface area contributed by atoms with Crippen LogP contribution in [0, 0.1) is 18.3 Å². The smallest absolute Gasteiger partial charge is 0.338 e. The minimum atomic E-state index is -4.33. The van der Waals surface area contributed by atoms with Crippen LogP contribution in [0.25, 0.3) is 0 Å². The zero-order valence-electron chi connectivity index (χ0n) is 23.2. The number of likely N-dealkylation sites (N-methyl/N-ethyl adjacent to an activating group) is 1. The monoisotopic (exact) mass is 597 g/mol. The molecule has 7 atom stereocenters. The third kappa shape index (κ3) is 2.75. The van der Waals surface area contributed by atoms with Gasteiger partial charge in [0.2, 0.25) is 0 Å². The SMILES string of the molecule is COc1ccc2c3c1O[C@H]1[C@@]4(OC)C=C[C@]5([C@@H](C2)N(C)CC[C@]315)[C@@H]1[C@H]4C(OS(=O)(=O)c2ccc(C)cc2)=CS1(=O)=O. The summed E-state index contributed by atoms with van der Waals surface area (Å²) in [7, 11) is -3.16. The number of hydrogen-bond acceptors (Lipinski definition) is 9. The predicted molar refractivity (Wildman–Crippen MR) is 149 cm³/mol. The lowest BCUT2D eigenvalue weighted by Gasteiger charge is -2.72. The zero-order chi connectivity index (χ0) is 28.7. The summed E-state index contributed by atoms with van der Waals surface area (Å²) in [5.41, 5.74) is 0.103. The summed E-state index contributed by atoms with van der Waals surface area (Å²) in [4.78, 5) is 2.20. The quantitative estimate of drug-likeness (QED) is 0.380. The lowest BCUT2D eigenvalue weighted by Crippen LogP contribution is -2.83. The first kappa shape index (κ1) is 25.8. The first-order valence-electron chi connectivity index (χ1n) is 13.8. The van der Waals surface area contributed by atoms with Gasteiger partial charge in [0.1, 0.15) is 22.4 Å². The standard InChI is InChI=1S/C30H31NO8S2/c1-17-5-8-19(9-6-17)41(34,35)39-21-16-40(32,33)26-24(21)30(37-4)12-11-28(26)22-15-18-7-10-20(36-3)25-23(18)29(28,27(30)38-25)13-14-31(22)2/h5-12,16,22,24,26-27H,13-15H2,1-4H3/t22-,24-,26+,27-,28+,29+,30-/m1/s1. The van der Waals surface area contributed by atoms with E-state index < -0.39 is 53.7 Å². The van der Waals surface area contributed by atoms with Gasteiger partial charge in [-0.1, -0.05) is 35.9 Å². The Balaban J connectivity index is 1.37. The van der Waals surface area contributed by atoms with Crippen LogP contribution in [0.2, 0.25) is 0 Å². The maximum atomic E-state index is 14.3. The third-order valence-electron chi connectivity index (χ3n) is 10.8. The Morgan fingerprint density at radius 1 is 1.07 bits per heavy atom. The number of ether oxygens (including phenoxy) is 3. The summed E-state index contributed by atoms with van der Waals surface area (Å²) in [6, 6.07) is 10.1. The molecule has 0 unspecified atom stereocenters. The molecule has 1 saturated carbocycles. The molecule has 0 aromatic heterocycles. The van der Waals surface area contributed by atoms with E-state index in [9.17, 15) is 16.8 Å². The Bertz CT molecular complexity index is 1800. The van der Waals surface area contributed by atoms with Crippen LogP contribution in [0.1, 0.15) is 23.1 Å². The summed E-state index contributed by atoms with van der Waals surface area (Å²) >= 11 is 0. The van der Waals surface area contributed by atoms with Crippen LogP contribution in [-0.4, -0.2) is 72.5 Å². The van der Waals surface area contributed by atoms with Crippen molar-refractivity contribution >= 4 is 20.0 Å². The van der Waals surface area contributed by atoms with Crippen LogP contribution in [0.3, 0.4) is 0 Å². The molecule has 11 heteroatoms. The van der Waals surface area contributed by atoms with Gasteiger partial charge in [-0.15, -0.1) is 0 Å². The molecule has 9 nitrogen and oxygen atoms in total. The average molecular weight is 598 g/mol. The fraction of sp³-hybridized carbons (Fsp3) is 0.467. The lowest BCUT2D eigenvalue weighted by atomic mass is 9.37. The van der Waals surface area contributed by atoms with Gasteiger partial charge in [0, 0.05) is 24.1 Å². The van der Waals surface area contributed by atoms with E-state index in [1.807, 2.05) is 26.1 Å². The molecule has 4 aliphatic carbocycles. The van der Waals surface area contributed by atoms with Gasteiger partial charge in [0.25, 0.3) is 0 Å². The Morgan fingerprint density at radius 3 is 2.54 bits per heavy atom. The van der Waals surface area contributed by atoms with Gasteiger partial charge >= 0.3 is 10.1 Å². The number of nitrogens with zero attached hydrogens (tertiary/aromatic N) is 1. The molecule has 7 aliphatic rings. The highest BCUT2D eigenvalue weighted by atomic mass is 32.2. The molecule has 216 valence electrons. The van der Waals surface area contributed by atoms with Crippen LogP contribution in [0.4, 0.5) is 0 Å². The van der Waals surface area contributed by atoms with Gasteiger partial charge in [-0.05, 0) is 57.1 Å². The Labute approximate surface area is 239 Å². The maximum absolute atomic E-state index is 14.3. The molecule has 3 heterocycles. The van der Waals surface area contributed by atoms with Crippen molar-refractivity contribution in [1.29, 1.82) is 0 Å². The van der Waals surface area contributed by atoms with E-state index in [2.05, 4.69) is 17.0 Å². The van der Waals surface area contributed by atoms with Gasteiger partial charge < -0.3 is 23.3 Å². The normalized spacial score (nSPS) is 38.6. The molecule has 1 saturated heterocycles. The van der Waals surface area contributed by atoms with Crippen molar-refractivity contribution in [3.8, 4) is 11.5 Å². The topological polar surface area (TPSA) is 108 Å². The number of rotatable bonds is 5. The zero-order valence-corrected chi connectivity index (χ0v) is 24.8. The molecule has 4 bridgehead atoms. The van der Waals surface area contributed by atoms with E-state index in [-0.39, 0.29) is 16.7 Å². The number of hydrogen-bond donors (Lipinski definition) is 0. The fourth-order valence-corrected chi connectivity index (χ4v) is 12.7. The van der Waals surface area contributed by atoms with Crippen molar-refractivity contribution in [2.45, 2.75) is 53.1 Å². The fourth-order valence-electron chi connectivity index (χ4n) is 9.32. The van der Waals surface area contributed by atoms with E-state index in [1.165, 1.54) is 19.2 Å². The van der Waals surface area contributed by atoms with E-state index in [0.717, 1.165) is 28.6 Å². The first-order chi connectivity index (χ1) is 19.5. The third-order valence-corrected chi connectivity index (χ3v) is 14.0. The first-order valence-corrected chi connectivity index (χ1v) is 16.8. The predicted octanol–water partition coefficient (Wildman–Crippen LogP) is 2.88. The summed E-state index contributed by atoms with van der Waals surface area (Å²) in [5, 5.41) is 0.0347. The van der Waals surface area contributed by atoms with E-state index in [0.29, 0.717) is 24.3 Å². The molecular weight excluding hydrogens is 566 g/mol. The van der Waals surface area contributed by atoms with Crippen molar-refractivity contribution in [1.82, 2.24) is 4.90 Å². The van der Waals surface area contributed by atoms with Crippen LogP contribution >= 0.6 is 0 Å². The van der Waals surface area contributed by atoms with Crippen molar-refractivity contribution in [3.05, 3.63) is 76.4 Å². The second kappa shape index (κ2) is 7.75. The van der Waals surface area contributed by atoms with Gasteiger partial charge in [-0.25, -0.2) is 8.42 Å². The molecule has 2 aromatic carbocycles. The van der Waals surface area contributed by atoms with Crippen molar-refractivity contribution in [2.75, 3.05) is 27.8 Å². The second-order valence-corrected chi connectivity index (χ2v) is 15.7. The largest absolute Gasteiger partial charge is 0.493 e. The molecule has 9 rings (SSSR count). The molecule has 0 N–H and O–H groups in total. The highest BCUT2D eigenvalue weighted by Crippen LogP contribution is 2.77. The van der Waals surface area contributed by atoms with Crippen LogP contribution in [0.5, 0.6) is 11.5 Å². The van der Waals surface area contributed by atoms with Crippen LogP contribution in [0.15, 0.2) is 64.6 Å². The van der Waals surface area contributed by atoms with Gasteiger partial charge in [-0.3, -0.25) is 0 Å². The van der Waals surface area contributed by atoms with E-state index in [4.69, 9.17) is 18.4 Å². The average Bonchev–Trinajstić information content (AvgIpc) is 3.44. The minimum Gasteiger partial charge on any atom is -0.493 e. The minimum absolute atomic E-state index is 0.0457. The molecule has 0 radical (unpaired) electrons. The maximum Gasteiger partial charge on any atom is 0.338 e. The lowest BCUT2D eigenvalue weighted by molar-refractivity contribution is -0.206. The number of benzene rings is 2. The van der Waals surface area contributed by atoms with Crippen molar-refractivity contribution < 1.29 is 35.2 Å². The van der Waals surface area contributed by atoms with Gasteiger partial charge in [0.15, 0.2) is 21.3 Å². The molecule has 0 amide bonds. The molecule has 2 spiro atoms. The van der Waals surface area contributed by atoms with E-state index in [1.54, 1.807) is 19.2 Å². The summed E-state index contributed by atoms with van der Waals surface area (Å²) < 4.78 is 80.4. The number of likely N-dealkylation sites (tertiary alicyclic amines) is 1. The summed E-state index contributed by atoms with van der Waals surface area (Å²) in [6.07, 6.45) is 4.64. The second-order valence-electron chi connectivity index (χ2n) is 12.2. The molecule has 3 aliphatic heterocycles. The summed E-state index contributed by atoms with van der Waals surface area (Å²) in [5.74, 6) is 0.155. The number of methoxy groups -OCH3 is 2. The number of sulfone groups is 1. The number of aryl methyl sites for hydroxylation is 1. The van der Waals surface area contributed by atoms with Crippen molar-refractivity contribution in [3.63, 3.8) is 0 Å². The van der Waals surface area contributed by atoms with Crippen LogP contribution < -0.4 is 9.47 Å². The highest BCUT2D eigenvalue weighted by molar-refractivity contribution is 7.95. The molecule has 2 fully saturated rings. The van der Waals surface area contributed by atoms with E-state index >= 15 is 0 Å². The Morgan fingerprint density at radius 2 is 1.83 bits per heavy atom. The van der Waals surface area contributed by atoms with Crippen molar-refractivity contribution in [2.24, 2.45) is 11.3 Å². The van der Waals surface area contributed by atoms with Gasteiger partial charge in [0.05, 0.1) is 29.1 Å². The Hall–Kier alpha value is -2.86.